The standard InChI is InChI=1S/C18H23N3O2/c1-23-11-5-9-18(22)19-15-7-4-6-14(12-15)16-13-21-10-3-2-8-17(21)20-16/h4,6-7,12-13H,2-3,5,8-11H2,1H3,(H,19,22). The summed E-state index contributed by atoms with van der Waals surface area (Å²) in [6, 6.07) is 7.89. The molecular formula is C18H23N3O2. The van der Waals surface area contributed by atoms with Crippen molar-refractivity contribution in [3.63, 3.8) is 0 Å². The van der Waals surface area contributed by atoms with Gasteiger partial charge in [-0.25, -0.2) is 4.98 Å². The lowest BCUT2D eigenvalue weighted by Gasteiger charge is -2.11. The smallest absolute Gasteiger partial charge is 0.224 e. The molecule has 3 rings (SSSR count). The lowest BCUT2D eigenvalue weighted by molar-refractivity contribution is -0.116. The molecule has 1 amide bonds. The van der Waals surface area contributed by atoms with Gasteiger partial charge in [0.2, 0.25) is 5.91 Å². The van der Waals surface area contributed by atoms with Crippen LogP contribution in [-0.2, 0) is 22.5 Å². The molecule has 0 unspecified atom stereocenters. The van der Waals surface area contributed by atoms with Gasteiger partial charge in [0.25, 0.3) is 0 Å². The molecule has 0 saturated carbocycles. The molecule has 0 aliphatic carbocycles. The van der Waals surface area contributed by atoms with Gasteiger partial charge in [0, 0.05) is 50.6 Å². The number of hydrogen-bond donors (Lipinski definition) is 1. The van der Waals surface area contributed by atoms with E-state index in [-0.39, 0.29) is 5.91 Å². The summed E-state index contributed by atoms with van der Waals surface area (Å²) in [5.41, 5.74) is 2.84. The fourth-order valence-electron chi connectivity index (χ4n) is 2.91. The van der Waals surface area contributed by atoms with Crippen LogP contribution in [0.1, 0.15) is 31.5 Å². The van der Waals surface area contributed by atoms with Crippen molar-refractivity contribution in [3.8, 4) is 11.3 Å². The summed E-state index contributed by atoms with van der Waals surface area (Å²) in [6.45, 7) is 1.66. The second kappa shape index (κ2) is 7.42. The molecule has 0 spiro atoms. The van der Waals surface area contributed by atoms with Crippen LogP contribution >= 0.6 is 0 Å². The summed E-state index contributed by atoms with van der Waals surface area (Å²) in [4.78, 5) is 16.6. The highest BCUT2D eigenvalue weighted by atomic mass is 16.5. The van der Waals surface area contributed by atoms with Crippen LogP contribution in [0.25, 0.3) is 11.3 Å². The zero-order valence-electron chi connectivity index (χ0n) is 13.5. The third-order valence-electron chi connectivity index (χ3n) is 4.10. The minimum Gasteiger partial charge on any atom is -0.385 e. The third-order valence-corrected chi connectivity index (χ3v) is 4.10. The number of hydrogen-bond acceptors (Lipinski definition) is 3. The highest BCUT2D eigenvalue weighted by molar-refractivity contribution is 5.91. The molecule has 0 fully saturated rings. The Morgan fingerprint density at radius 2 is 2.30 bits per heavy atom. The minimum atomic E-state index is 0.0170. The number of imidazole rings is 1. The zero-order chi connectivity index (χ0) is 16.1. The van der Waals surface area contributed by atoms with Crippen LogP contribution in [0.4, 0.5) is 5.69 Å². The van der Waals surface area contributed by atoms with Crippen molar-refractivity contribution in [2.75, 3.05) is 19.0 Å². The third kappa shape index (κ3) is 3.99. The van der Waals surface area contributed by atoms with E-state index in [4.69, 9.17) is 9.72 Å². The first-order valence-corrected chi connectivity index (χ1v) is 8.21. The number of methoxy groups -OCH3 is 1. The number of fused-ring (bicyclic) bond motifs is 1. The fourth-order valence-corrected chi connectivity index (χ4v) is 2.91. The van der Waals surface area contributed by atoms with Crippen LogP contribution in [0.2, 0.25) is 0 Å². The maximum absolute atomic E-state index is 11.9. The molecule has 1 N–H and O–H groups in total. The first-order chi connectivity index (χ1) is 11.3. The van der Waals surface area contributed by atoms with Crippen molar-refractivity contribution in [2.24, 2.45) is 0 Å². The number of anilines is 1. The molecule has 1 aromatic heterocycles. The van der Waals surface area contributed by atoms with Crippen molar-refractivity contribution in [2.45, 2.75) is 38.6 Å². The van der Waals surface area contributed by atoms with E-state index in [1.165, 1.54) is 18.7 Å². The first-order valence-electron chi connectivity index (χ1n) is 8.21. The van der Waals surface area contributed by atoms with Gasteiger partial charge in [0.15, 0.2) is 0 Å². The number of carbonyl (C=O) groups excluding carboxylic acids is 1. The van der Waals surface area contributed by atoms with E-state index >= 15 is 0 Å². The lowest BCUT2D eigenvalue weighted by atomic mass is 10.1. The summed E-state index contributed by atoms with van der Waals surface area (Å²) in [5.74, 6) is 1.18. The molecule has 0 radical (unpaired) electrons. The van der Waals surface area contributed by atoms with Gasteiger partial charge in [-0.15, -0.1) is 0 Å². The Balaban J connectivity index is 1.69. The molecule has 2 heterocycles. The second-order valence-corrected chi connectivity index (χ2v) is 5.92. The molecular weight excluding hydrogens is 290 g/mol. The minimum absolute atomic E-state index is 0.0170. The number of aromatic nitrogens is 2. The van der Waals surface area contributed by atoms with Gasteiger partial charge in [0.1, 0.15) is 5.82 Å². The number of ether oxygens (including phenoxy) is 1. The van der Waals surface area contributed by atoms with Gasteiger partial charge in [-0.05, 0) is 31.4 Å². The summed E-state index contributed by atoms with van der Waals surface area (Å²) in [6.07, 6.45) is 6.81. The fraction of sp³-hybridized carbons (Fsp3) is 0.444. The highest BCUT2D eigenvalue weighted by Crippen LogP contribution is 2.24. The number of aryl methyl sites for hydroxylation is 2. The van der Waals surface area contributed by atoms with Crippen LogP contribution in [-0.4, -0.2) is 29.2 Å². The SMILES string of the molecule is COCCCC(=O)Nc1cccc(-c2cn3c(n2)CCCC3)c1. The molecule has 1 aliphatic rings. The lowest BCUT2D eigenvalue weighted by Crippen LogP contribution is -2.12. The van der Waals surface area contributed by atoms with Crippen molar-refractivity contribution >= 4 is 11.6 Å². The maximum atomic E-state index is 11.9. The quantitative estimate of drug-likeness (QED) is 0.833. The number of nitrogens with one attached hydrogen (secondary N) is 1. The van der Waals surface area contributed by atoms with Gasteiger partial charge >= 0.3 is 0 Å². The Hall–Kier alpha value is -2.14. The normalized spacial score (nSPS) is 13.6. The molecule has 122 valence electrons. The second-order valence-electron chi connectivity index (χ2n) is 5.92. The topological polar surface area (TPSA) is 56.1 Å². The molecule has 1 aromatic carbocycles. The molecule has 23 heavy (non-hydrogen) atoms. The van der Waals surface area contributed by atoms with E-state index in [0.717, 1.165) is 36.3 Å². The van der Waals surface area contributed by atoms with Crippen LogP contribution in [0.3, 0.4) is 0 Å². The molecule has 0 bridgehead atoms. The maximum Gasteiger partial charge on any atom is 0.224 e. The van der Waals surface area contributed by atoms with Gasteiger partial charge in [-0.3, -0.25) is 4.79 Å². The van der Waals surface area contributed by atoms with Gasteiger partial charge in [0.05, 0.1) is 5.69 Å². The van der Waals surface area contributed by atoms with E-state index in [2.05, 4.69) is 16.1 Å². The van der Waals surface area contributed by atoms with Gasteiger partial charge < -0.3 is 14.6 Å². The van der Waals surface area contributed by atoms with E-state index in [1.807, 2.05) is 24.3 Å². The first kappa shape index (κ1) is 15.7. The number of amides is 1. The number of carbonyl (C=O) groups is 1. The number of nitrogens with zero attached hydrogens (tertiary/aromatic N) is 2. The van der Waals surface area contributed by atoms with Crippen LogP contribution in [0.15, 0.2) is 30.5 Å². The van der Waals surface area contributed by atoms with E-state index in [1.54, 1.807) is 7.11 Å². The molecule has 5 nitrogen and oxygen atoms in total. The Kier molecular flexibility index (Phi) is 5.08. The molecule has 0 atom stereocenters. The van der Waals surface area contributed by atoms with Crippen molar-refractivity contribution in [3.05, 3.63) is 36.3 Å². The Bertz CT molecular complexity index is 655. The van der Waals surface area contributed by atoms with E-state index < -0.39 is 0 Å². The average Bonchev–Trinajstić information content (AvgIpc) is 2.99. The largest absolute Gasteiger partial charge is 0.385 e. The predicted molar refractivity (Wildman–Crippen MR) is 90.3 cm³/mol. The summed E-state index contributed by atoms with van der Waals surface area (Å²) < 4.78 is 7.21. The monoisotopic (exact) mass is 313 g/mol. The zero-order valence-corrected chi connectivity index (χ0v) is 13.5. The molecule has 1 aliphatic heterocycles. The molecule has 2 aromatic rings. The van der Waals surface area contributed by atoms with E-state index in [9.17, 15) is 4.79 Å². The van der Waals surface area contributed by atoms with Crippen molar-refractivity contribution in [1.29, 1.82) is 0 Å². The average molecular weight is 313 g/mol. The van der Waals surface area contributed by atoms with Crippen LogP contribution in [0.5, 0.6) is 0 Å². The summed E-state index contributed by atoms with van der Waals surface area (Å²) >= 11 is 0. The molecule has 5 heteroatoms. The van der Waals surface area contributed by atoms with Crippen LogP contribution < -0.4 is 5.32 Å². The Morgan fingerprint density at radius 1 is 1.39 bits per heavy atom. The molecule has 0 saturated heterocycles. The Labute approximate surface area is 136 Å². The summed E-state index contributed by atoms with van der Waals surface area (Å²) in [7, 11) is 1.64. The predicted octanol–water partition coefficient (Wildman–Crippen LogP) is 3.25. The Morgan fingerprint density at radius 3 is 3.13 bits per heavy atom. The van der Waals surface area contributed by atoms with Crippen molar-refractivity contribution < 1.29 is 9.53 Å². The number of rotatable bonds is 6. The number of benzene rings is 1. The van der Waals surface area contributed by atoms with Crippen LogP contribution in [0, 0.1) is 0 Å². The van der Waals surface area contributed by atoms with Gasteiger partial charge in [-0.2, -0.15) is 0 Å². The summed E-state index contributed by atoms with van der Waals surface area (Å²) in [5, 5.41) is 2.94. The highest BCUT2D eigenvalue weighted by Gasteiger charge is 2.13. The van der Waals surface area contributed by atoms with Gasteiger partial charge in [-0.1, -0.05) is 12.1 Å². The van der Waals surface area contributed by atoms with Crippen molar-refractivity contribution in [1.82, 2.24) is 9.55 Å². The van der Waals surface area contributed by atoms with E-state index in [0.29, 0.717) is 13.0 Å².